The molecule has 0 heterocycles. The number of rotatable bonds is 4. The lowest BCUT2D eigenvalue weighted by Gasteiger charge is -2.10. The Balaban J connectivity index is 3.70. The van der Waals surface area contributed by atoms with Gasteiger partial charge in [-0.3, -0.25) is 10.1 Å². The molecule has 1 aromatic carbocycles. The second-order valence-electron chi connectivity index (χ2n) is 2.88. The van der Waals surface area contributed by atoms with Crippen molar-refractivity contribution in [2.45, 2.75) is 0 Å². The lowest BCUT2D eigenvalue weighted by atomic mass is 10.1. The number of hydrogen-bond donors (Lipinski definition) is 1. The molecule has 0 aliphatic heterocycles. The molecule has 0 saturated heterocycles. The third-order valence-corrected chi connectivity index (χ3v) is 2.75. The molecule has 92 valence electrons. The minimum atomic E-state index is -1.43. The molecule has 0 atom stereocenters. The Hall–Kier alpha value is -1.83. The van der Waals surface area contributed by atoms with E-state index in [0.29, 0.717) is 0 Å². The largest absolute Gasteiger partial charge is 0.495 e. The smallest absolute Gasteiger partial charge is 0.343 e. The van der Waals surface area contributed by atoms with E-state index < -0.39 is 22.1 Å². The van der Waals surface area contributed by atoms with Gasteiger partial charge in [0, 0.05) is 6.07 Å². The maximum atomic E-state index is 10.9. The fraction of sp³-hybridized carbons (Fsp3) is 0.222. The number of ether oxygens (including phenoxy) is 2. The van der Waals surface area contributed by atoms with Gasteiger partial charge >= 0.3 is 11.7 Å². The molecule has 0 fully saturated rings. The van der Waals surface area contributed by atoms with Crippen molar-refractivity contribution in [2.24, 2.45) is 0 Å². The summed E-state index contributed by atoms with van der Waals surface area (Å²) in [5.41, 5.74) is -1.11. The first-order valence-electron chi connectivity index (χ1n) is 4.26. The number of benzene rings is 1. The van der Waals surface area contributed by atoms with Crippen LogP contribution in [0.3, 0.4) is 0 Å². The van der Waals surface area contributed by atoms with Crippen LogP contribution in [0.5, 0.6) is 11.5 Å². The molecular weight excluding hydrogens is 298 g/mol. The average Bonchev–Trinajstić information content (AvgIpc) is 2.27. The SMILES string of the molecule is COc1cc(C(=O)O)c([N+](=O)[O-])c(OC)c1Br. The van der Waals surface area contributed by atoms with Crippen molar-refractivity contribution in [1.29, 1.82) is 0 Å². The monoisotopic (exact) mass is 305 g/mol. The minimum absolute atomic E-state index is 0.143. The quantitative estimate of drug-likeness (QED) is 0.675. The van der Waals surface area contributed by atoms with Crippen LogP contribution in [0.1, 0.15) is 10.4 Å². The second-order valence-corrected chi connectivity index (χ2v) is 3.68. The molecule has 0 saturated carbocycles. The van der Waals surface area contributed by atoms with E-state index in [1.54, 1.807) is 0 Å². The van der Waals surface area contributed by atoms with Gasteiger partial charge in [-0.25, -0.2) is 4.79 Å². The number of carboxylic acid groups (broad SMARTS) is 1. The molecule has 1 rings (SSSR count). The number of methoxy groups -OCH3 is 2. The highest BCUT2D eigenvalue weighted by Gasteiger charge is 2.30. The summed E-state index contributed by atoms with van der Waals surface area (Å²) in [5.74, 6) is -1.47. The third kappa shape index (κ3) is 2.31. The summed E-state index contributed by atoms with van der Waals surface area (Å²) in [7, 11) is 2.52. The van der Waals surface area contributed by atoms with Gasteiger partial charge in [-0.15, -0.1) is 0 Å². The fourth-order valence-corrected chi connectivity index (χ4v) is 1.91. The first kappa shape index (κ1) is 13.2. The summed E-state index contributed by atoms with van der Waals surface area (Å²) in [6.45, 7) is 0. The maximum Gasteiger partial charge on any atom is 0.343 e. The normalized spacial score (nSPS) is 9.82. The Morgan fingerprint density at radius 3 is 2.41 bits per heavy atom. The molecule has 0 radical (unpaired) electrons. The van der Waals surface area contributed by atoms with Crippen LogP contribution in [-0.2, 0) is 0 Å². The Bertz CT molecular complexity index is 487. The molecule has 0 aliphatic rings. The molecule has 0 spiro atoms. The van der Waals surface area contributed by atoms with Crippen molar-refractivity contribution >= 4 is 27.6 Å². The van der Waals surface area contributed by atoms with E-state index >= 15 is 0 Å². The van der Waals surface area contributed by atoms with Gasteiger partial charge in [-0.2, -0.15) is 0 Å². The Morgan fingerprint density at radius 1 is 1.47 bits per heavy atom. The highest BCUT2D eigenvalue weighted by atomic mass is 79.9. The number of carboxylic acids is 1. The zero-order chi connectivity index (χ0) is 13.2. The van der Waals surface area contributed by atoms with Gasteiger partial charge in [0.25, 0.3) is 0 Å². The van der Waals surface area contributed by atoms with Gasteiger partial charge in [-0.1, -0.05) is 0 Å². The third-order valence-electron chi connectivity index (χ3n) is 2.00. The van der Waals surface area contributed by atoms with Gasteiger partial charge in [0.05, 0.1) is 19.1 Å². The van der Waals surface area contributed by atoms with Gasteiger partial charge in [-0.05, 0) is 15.9 Å². The highest BCUT2D eigenvalue weighted by Crippen LogP contribution is 2.43. The Labute approximate surface area is 104 Å². The van der Waals surface area contributed by atoms with E-state index in [-0.39, 0.29) is 16.0 Å². The molecule has 0 aliphatic carbocycles. The van der Waals surface area contributed by atoms with Crippen molar-refractivity contribution in [2.75, 3.05) is 14.2 Å². The molecule has 17 heavy (non-hydrogen) atoms. The number of nitro benzene ring substituents is 1. The number of halogens is 1. The number of aromatic carboxylic acids is 1. The van der Waals surface area contributed by atoms with Crippen LogP contribution in [0.25, 0.3) is 0 Å². The highest BCUT2D eigenvalue weighted by molar-refractivity contribution is 9.10. The summed E-state index contributed by atoms with van der Waals surface area (Å²) in [6.07, 6.45) is 0. The molecule has 8 heteroatoms. The van der Waals surface area contributed by atoms with E-state index in [1.165, 1.54) is 14.2 Å². The zero-order valence-electron chi connectivity index (χ0n) is 8.89. The van der Waals surface area contributed by atoms with E-state index in [0.717, 1.165) is 6.07 Å². The topological polar surface area (TPSA) is 98.9 Å². The van der Waals surface area contributed by atoms with E-state index in [1.807, 2.05) is 0 Å². The van der Waals surface area contributed by atoms with Crippen LogP contribution >= 0.6 is 15.9 Å². The zero-order valence-corrected chi connectivity index (χ0v) is 10.5. The van der Waals surface area contributed by atoms with E-state index in [2.05, 4.69) is 15.9 Å². The molecule has 7 nitrogen and oxygen atoms in total. The lowest BCUT2D eigenvalue weighted by molar-refractivity contribution is -0.386. The molecule has 0 unspecified atom stereocenters. The van der Waals surface area contributed by atoms with Crippen LogP contribution in [0.2, 0.25) is 0 Å². The Morgan fingerprint density at radius 2 is 2.06 bits per heavy atom. The average molecular weight is 306 g/mol. The van der Waals surface area contributed by atoms with E-state index in [4.69, 9.17) is 14.6 Å². The van der Waals surface area contributed by atoms with Crippen molar-refractivity contribution in [1.82, 2.24) is 0 Å². The van der Waals surface area contributed by atoms with Gasteiger partial charge in [0.1, 0.15) is 15.8 Å². The van der Waals surface area contributed by atoms with Gasteiger partial charge < -0.3 is 14.6 Å². The maximum absolute atomic E-state index is 10.9. The first-order chi connectivity index (χ1) is 7.93. The first-order valence-corrected chi connectivity index (χ1v) is 5.05. The number of nitrogens with zero attached hydrogens (tertiary/aromatic N) is 1. The summed E-state index contributed by atoms with van der Waals surface area (Å²) in [4.78, 5) is 21.0. The predicted molar refractivity (Wildman–Crippen MR) is 60.9 cm³/mol. The molecule has 0 aromatic heterocycles. The van der Waals surface area contributed by atoms with Crippen LogP contribution in [0.4, 0.5) is 5.69 Å². The van der Waals surface area contributed by atoms with Crippen molar-refractivity contribution in [3.8, 4) is 11.5 Å². The van der Waals surface area contributed by atoms with Crippen molar-refractivity contribution in [3.05, 3.63) is 26.2 Å². The standard InChI is InChI=1S/C9H8BrNO6/c1-16-5-3-4(9(12)13)7(11(14)15)8(17-2)6(5)10/h3H,1-2H3,(H,12,13). The van der Waals surface area contributed by atoms with Crippen LogP contribution < -0.4 is 9.47 Å². The minimum Gasteiger partial charge on any atom is -0.495 e. The lowest BCUT2D eigenvalue weighted by Crippen LogP contribution is -2.06. The van der Waals surface area contributed by atoms with Gasteiger partial charge in [0.2, 0.25) is 5.75 Å². The van der Waals surface area contributed by atoms with Crippen LogP contribution in [0.15, 0.2) is 10.5 Å². The second kappa shape index (κ2) is 5.00. The fourth-order valence-electron chi connectivity index (χ4n) is 1.28. The molecule has 0 amide bonds. The molecule has 1 aromatic rings. The van der Waals surface area contributed by atoms with Gasteiger partial charge in [0.15, 0.2) is 0 Å². The van der Waals surface area contributed by atoms with Crippen molar-refractivity contribution < 1.29 is 24.3 Å². The van der Waals surface area contributed by atoms with Crippen LogP contribution in [0, 0.1) is 10.1 Å². The van der Waals surface area contributed by atoms with Crippen molar-refractivity contribution in [3.63, 3.8) is 0 Å². The summed E-state index contributed by atoms with van der Waals surface area (Å²) >= 11 is 3.06. The molecule has 1 N–H and O–H groups in total. The number of hydrogen-bond acceptors (Lipinski definition) is 5. The molecular formula is C9H8BrNO6. The number of carbonyl (C=O) groups is 1. The van der Waals surface area contributed by atoms with E-state index in [9.17, 15) is 14.9 Å². The predicted octanol–water partition coefficient (Wildman–Crippen LogP) is 2.07. The van der Waals surface area contributed by atoms with Crippen LogP contribution in [-0.4, -0.2) is 30.2 Å². The Kier molecular flexibility index (Phi) is 3.89. The summed E-state index contributed by atoms with van der Waals surface area (Å²) in [6, 6.07) is 1.06. The number of nitro groups is 1. The summed E-state index contributed by atoms with van der Waals surface area (Å²) < 4.78 is 9.93. The summed E-state index contributed by atoms with van der Waals surface area (Å²) in [5, 5.41) is 19.8. The molecule has 0 bridgehead atoms.